The van der Waals surface area contributed by atoms with Crippen LogP contribution < -0.4 is 15.2 Å². The number of benzene rings is 1. The number of carbonyl (C=O) groups is 1. The van der Waals surface area contributed by atoms with E-state index < -0.39 is 0 Å². The summed E-state index contributed by atoms with van der Waals surface area (Å²) in [7, 11) is 3.23. The highest BCUT2D eigenvalue weighted by atomic mass is 35.5. The molecule has 1 aromatic rings. The second-order valence-corrected chi connectivity index (χ2v) is 5.38. The molecule has 0 bridgehead atoms. The highest BCUT2D eigenvalue weighted by Crippen LogP contribution is 2.27. The van der Waals surface area contributed by atoms with Crippen LogP contribution in [-0.2, 0) is 11.2 Å². The highest BCUT2D eigenvalue weighted by Gasteiger charge is 2.13. The minimum Gasteiger partial charge on any atom is -0.493 e. The molecule has 0 aliphatic carbocycles. The van der Waals surface area contributed by atoms with Crippen LogP contribution in [0.4, 0.5) is 0 Å². The normalized spacial score (nSPS) is 10.1. The Morgan fingerprint density at radius 1 is 1.23 bits per heavy atom. The minimum absolute atomic E-state index is 0. The van der Waals surface area contributed by atoms with Gasteiger partial charge in [0, 0.05) is 13.1 Å². The Bertz CT molecular complexity index is 467. The molecule has 0 saturated carbocycles. The molecule has 0 aliphatic heterocycles. The van der Waals surface area contributed by atoms with Crippen LogP contribution in [0, 0.1) is 5.92 Å². The molecular weight excluding hydrogens is 304 g/mol. The van der Waals surface area contributed by atoms with E-state index in [0.717, 1.165) is 18.5 Å². The summed E-state index contributed by atoms with van der Waals surface area (Å²) in [5.74, 6) is 1.82. The number of ether oxygens (including phenoxy) is 2. The average molecular weight is 331 g/mol. The molecule has 0 atom stereocenters. The Morgan fingerprint density at radius 3 is 2.36 bits per heavy atom. The van der Waals surface area contributed by atoms with Crippen molar-refractivity contribution in [1.29, 1.82) is 0 Å². The van der Waals surface area contributed by atoms with Gasteiger partial charge < -0.3 is 20.1 Å². The molecule has 0 spiro atoms. The first-order valence-corrected chi connectivity index (χ1v) is 7.20. The van der Waals surface area contributed by atoms with E-state index >= 15 is 0 Å². The second kappa shape index (κ2) is 10.3. The fourth-order valence-corrected chi connectivity index (χ4v) is 2.19. The number of halogens is 1. The zero-order valence-corrected chi connectivity index (χ0v) is 14.6. The molecule has 0 aliphatic rings. The molecule has 6 heteroatoms. The van der Waals surface area contributed by atoms with E-state index in [4.69, 9.17) is 15.2 Å². The molecule has 5 nitrogen and oxygen atoms in total. The smallest absolute Gasteiger partial charge is 0.236 e. The van der Waals surface area contributed by atoms with Crippen molar-refractivity contribution >= 4 is 18.3 Å². The zero-order chi connectivity index (χ0) is 15.8. The summed E-state index contributed by atoms with van der Waals surface area (Å²) in [6.07, 6.45) is 0.763. The van der Waals surface area contributed by atoms with Gasteiger partial charge in [-0.3, -0.25) is 4.79 Å². The molecule has 1 amide bonds. The van der Waals surface area contributed by atoms with Crippen LogP contribution in [0.5, 0.6) is 11.5 Å². The van der Waals surface area contributed by atoms with Crippen LogP contribution in [0.2, 0.25) is 0 Å². The first-order chi connectivity index (χ1) is 10.0. The number of nitrogens with two attached hydrogens (primary N) is 1. The molecule has 22 heavy (non-hydrogen) atoms. The lowest BCUT2D eigenvalue weighted by molar-refractivity contribution is -0.130. The van der Waals surface area contributed by atoms with Crippen LogP contribution in [0.1, 0.15) is 19.4 Å². The molecule has 0 fully saturated rings. The summed E-state index contributed by atoms with van der Waals surface area (Å²) in [5.41, 5.74) is 6.58. The summed E-state index contributed by atoms with van der Waals surface area (Å²) >= 11 is 0. The van der Waals surface area contributed by atoms with Crippen molar-refractivity contribution in [1.82, 2.24) is 4.90 Å². The van der Waals surface area contributed by atoms with Gasteiger partial charge in [0.1, 0.15) is 0 Å². The van der Waals surface area contributed by atoms with Gasteiger partial charge in [0.15, 0.2) is 11.5 Å². The second-order valence-electron chi connectivity index (χ2n) is 5.38. The monoisotopic (exact) mass is 330 g/mol. The van der Waals surface area contributed by atoms with Crippen molar-refractivity contribution in [2.24, 2.45) is 11.7 Å². The quantitative estimate of drug-likeness (QED) is 0.793. The van der Waals surface area contributed by atoms with E-state index in [1.807, 2.05) is 23.1 Å². The van der Waals surface area contributed by atoms with Gasteiger partial charge in [0.05, 0.1) is 20.8 Å². The van der Waals surface area contributed by atoms with E-state index in [-0.39, 0.29) is 24.9 Å². The summed E-state index contributed by atoms with van der Waals surface area (Å²) in [4.78, 5) is 13.7. The lowest BCUT2D eigenvalue weighted by atomic mass is 10.1. The van der Waals surface area contributed by atoms with Gasteiger partial charge in [-0.1, -0.05) is 19.9 Å². The largest absolute Gasteiger partial charge is 0.493 e. The lowest BCUT2D eigenvalue weighted by Crippen LogP contribution is -2.39. The molecule has 0 saturated heterocycles. The van der Waals surface area contributed by atoms with Crippen LogP contribution in [0.15, 0.2) is 18.2 Å². The Balaban J connectivity index is 0.00000441. The van der Waals surface area contributed by atoms with Gasteiger partial charge in [0.2, 0.25) is 5.91 Å². The molecule has 0 heterocycles. The van der Waals surface area contributed by atoms with Gasteiger partial charge in [-0.05, 0) is 30.0 Å². The van der Waals surface area contributed by atoms with E-state index in [9.17, 15) is 4.79 Å². The van der Waals surface area contributed by atoms with E-state index in [1.165, 1.54) is 0 Å². The number of carbonyl (C=O) groups excluding carboxylic acids is 1. The van der Waals surface area contributed by atoms with Gasteiger partial charge >= 0.3 is 0 Å². The number of hydrogen-bond donors (Lipinski definition) is 1. The van der Waals surface area contributed by atoms with E-state index in [1.54, 1.807) is 14.2 Å². The fraction of sp³-hybridized carbons (Fsp3) is 0.562. The number of methoxy groups -OCH3 is 2. The predicted octanol–water partition coefficient (Wildman–Crippen LogP) is 2.11. The molecule has 0 aromatic heterocycles. The molecule has 0 unspecified atom stereocenters. The first-order valence-electron chi connectivity index (χ1n) is 7.20. The molecule has 1 rings (SSSR count). The number of hydrogen-bond acceptors (Lipinski definition) is 4. The van der Waals surface area contributed by atoms with E-state index in [0.29, 0.717) is 24.0 Å². The van der Waals surface area contributed by atoms with Crippen molar-refractivity contribution in [3.05, 3.63) is 23.8 Å². The predicted molar refractivity (Wildman–Crippen MR) is 91.0 cm³/mol. The summed E-state index contributed by atoms with van der Waals surface area (Å²) in [6, 6.07) is 5.81. The Labute approximate surface area is 139 Å². The van der Waals surface area contributed by atoms with Crippen molar-refractivity contribution in [3.8, 4) is 11.5 Å². The summed E-state index contributed by atoms with van der Waals surface area (Å²) in [6.45, 7) is 5.62. The topological polar surface area (TPSA) is 64.8 Å². The van der Waals surface area contributed by atoms with Crippen LogP contribution >= 0.6 is 12.4 Å². The Morgan fingerprint density at radius 2 is 1.86 bits per heavy atom. The summed E-state index contributed by atoms with van der Waals surface area (Å²) < 4.78 is 10.5. The van der Waals surface area contributed by atoms with Crippen molar-refractivity contribution in [3.63, 3.8) is 0 Å². The molecular formula is C16H27ClN2O3. The van der Waals surface area contributed by atoms with Crippen LogP contribution in [0.25, 0.3) is 0 Å². The number of rotatable bonds is 8. The van der Waals surface area contributed by atoms with Crippen LogP contribution in [0.3, 0.4) is 0 Å². The maximum absolute atomic E-state index is 11.8. The third kappa shape index (κ3) is 6.12. The van der Waals surface area contributed by atoms with Gasteiger partial charge in [-0.25, -0.2) is 0 Å². The minimum atomic E-state index is -0.0100. The van der Waals surface area contributed by atoms with Gasteiger partial charge in [0.25, 0.3) is 0 Å². The molecule has 0 radical (unpaired) electrons. The Hall–Kier alpha value is -1.46. The standard InChI is InChI=1S/C16H26N2O3.ClH/c1-12(2)11-18(16(19)10-17)8-7-13-5-6-14(20-3)15(9-13)21-4;/h5-6,9,12H,7-8,10-11,17H2,1-4H3;1H. The number of nitrogens with zero attached hydrogens (tertiary/aromatic N) is 1. The molecule has 126 valence electrons. The van der Waals surface area contributed by atoms with Gasteiger partial charge in [-0.2, -0.15) is 0 Å². The SMILES string of the molecule is COc1ccc(CCN(CC(C)C)C(=O)CN)cc1OC.Cl. The maximum Gasteiger partial charge on any atom is 0.236 e. The van der Waals surface area contributed by atoms with E-state index in [2.05, 4.69) is 13.8 Å². The van der Waals surface area contributed by atoms with Gasteiger partial charge in [-0.15, -0.1) is 12.4 Å². The molecule has 1 aromatic carbocycles. The first kappa shape index (κ1) is 20.5. The van der Waals surface area contributed by atoms with Crippen LogP contribution in [-0.4, -0.2) is 44.7 Å². The maximum atomic E-state index is 11.8. The molecule has 2 N–H and O–H groups in total. The Kier molecular flexibility index (Phi) is 9.61. The van der Waals surface area contributed by atoms with Crippen molar-refractivity contribution in [2.45, 2.75) is 20.3 Å². The van der Waals surface area contributed by atoms with Crippen molar-refractivity contribution in [2.75, 3.05) is 33.9 Å². The number of amides is 1. The average Bonchev–Trinajstić information content (AvgIpc) is 2.49. The lowest BCUT2D eigenvalue weighted by Gasteiger charge is -2.24. The van der Waals surface area contributed by atoms with Crippen molar-refractivity contribution < 1.29 is 14.3 Å². The zero-order valence-electron chi connectivity index (χ0n) is 13.8. The highest BCUT2D eigenvalue weighted by molar-refractivity contribution is 5.85. The third-order valence-corrected chi connectivity index (χ3v) is 3.23. The summed E-state index contributed by atoms with van der Waals surface area (Å²) in [5, 5.41) is 0. The third-order valence-electron chi connectivity index (χ3n) is 3.23. The fourth-order valence-electron chi connectivity index (χ4n) is 2.19.